The van der Waals surface area contributed by atoms with Gasteiger partial charge < -0.3 is 0 Å². The van der Waals surface area contributed by atoms with E-state index >= 15 is 0 Å². The Kier molecular flexibility index (Phi) is 11.9. The van der Waals surface area contributed by atoms with E-state index in [0.29, 0.717) is 36.5 Å². The van der Waals surface area contributed by atoms with Gasteiger partial charge in [-0.25, -0.2) is 28.8 Å². The lowest BCUT2D eigenvalue weighted by Crippen LogP contribution is -2.70. The first-order valence-electron chi connectivity index (χ1n) is 9.84. The Morgan fingerprint density at radius 2 is 0.571 bits per heavy atom. The van der Waals surface area contributed by atoms with Crippen molar-refractivity contribution in [3.63, 3.8) is 0 Å². The van der Waals surface area contributed by atoms with Crippen molar-refractivity contribution in [3.05, 3.63) is 0 Å². The summed E-state index contributed by atoms with van der Waals surface area (Å²) >= 11 is 0. The normalized spacial score (nSPS) is 15.4. The van der Waals surface area contributed by atoms with Crippen LogP contribution in [0.5, 0.6) is 0 Å². The quantitative estimate of drug-likeness (QED) is 0.0995. The zero-order valence-electron chi connectivity index (χ0n) is 19.5. The fraction of sp³-hybridized carbons (Fsp3) is 0.625. The third-order valence-corrected chi connectivity index (χ3v) is 9.54. The first-order chi connectivity index (χ1) is 19.0. The molecule has 0 N–H and O–H groups in total. The summed E-state index contributed by atoms with van der Waals surface area (Å²) < 4.78 is 185. The molecule has 0 bridgehead atoms. The van der Waals surface area contributed by atoms with Crippen molar-refractivity contribution in [2.24, 2.45) is 27.9 Å². The van der Waals surface area contributed by atoms with E-state index in [9.17, 15) is 81.5 Å². The number of halogens is 12. The molecular weight excluding hydrogens is 656 g/mol. The molecule has 0 saturated carbocycles. The summed E-state index contributed by atoms with van der Waals surface area (Å²) in [5.74, 6) is -44.6. The molecule has 0 unspecified atom stereocenters. The molecule has 0 heterocycles. The Morgan fingerprint density at radius 3 is 0.738 bits per heavy atom. The van der Waals surface area contributed by atoms with Crippen LogP contribution in [0.15, 0.2) is 27.9 Å². The van der Waals surface area contributed by atoms with E-state index in [4.69, 9.17) is 0 Å². The maximum Gasteiger partial charge on any atom is 0.467 e. The molecule has 0 amide bonds. The van der Waals surface area contributed by atoms with Crippen LogP contribution in [0.1, 0.15) is 12.8 Å². The molecule has 42 heavy (non-hydrogen) atoms. The molecule has 0 rings (SSSR count). The average Bonchev–Trinajstić information content (AvgIpc) is 2.87. The maximum absolute atomic E-state index is 14.2. The Morgan fingerprint density at radius 1 is 0.381 bits per heavy atom. The number of alkyl halides is 12. The molecule has 0 spiro atoms. The van der Waals surface area contributed by atoms with Gasteiger partial charge in [0.15, 0.2) is 0 Å². The van der Waals surface area contributed by atoms with Crippen LogP contribution in [0.4, 0.5) is 52.7 Å². The topological polar surface area (TPSA) is 177 Å². The van der Waals surface area contributed by atoms with E-state index in [2.05, 4.69) is 27.9 Å². The molecule has 0 aromatic carbocycles. The van der Waals surface area contributed by atoms with Crippen LogP contribution in [0.3, 0.4) is 0 Å². The molecule has 0 aliphatic carbocycles. The fourth-order valence-corrected chi connectivity index (χ4v) is 5.89. The van der Waals surface area contributed by atoms with Crippen molar-refractivity contribution < 1.29 is 81.5 Å². The molecule has 26 heteroatoms. The van der Waals surface area contributed by atoms with Gasteiger partial charge in [0, 0.05) is 24.9 Å². The van der Waals surface area contributed by atoms with Gasteiger partial charge in [-0.1, -0.05) is 0 Å². The van der Waals surface area contributed by atoms with Crippen molar-refractivity contribution >= 4 is 53.6 Å². The van der Waals surface area contributed by atoms with Crippen LogP contribution in [0.25, 0.3) is 0 Å². The molecule has 0 saturated heterocycles. The van der Waals surface area contributed by atoms with Gasteiger partial charge in [0.05, 0.1) is 0 Å². The van der Waals surface area contributed by atoms with E-state index in [0.717, 1.165) is 0 Å². The number of hydrogen-bond acceptors (Lipinski definition) is 12. The average molecular weight is 664 g/mol. The first-order valence-corrected chi connectivity index (χ1v) is 13.9. The molecule has 12 nitrogen and oxygen atoms in total. The summed E-state index contributed by atoms with van der Waals surface area (Å²) in [6.45, 7) is 0. The van der Waals surface area contributed by atoms with Crippen LogP contribution in [-0.2, 0) is 28.8 Å². The summed E-state index contributed by atoms with van der Waals surface area (Å²) in [4.78, 5) is 62.4. The van der Waals surface area contributed by atoms with Crippen LogP contribution < -0.4 is 0 Å². The Hall–Kier alpha value is -4.13. The molecule has 0 aliphatic heterocycles. The number of hydrogen-bond donors (Lipinski definition) is 0. The third kappa shape index (κ3) is 7.01. The van der Waals surface area contributed by atoms with E-state index in [1.807, 2.05) is 0 Å². The van der Waals surface area contributed by atoms with Crippen LogP contribution in [0.2, 0.25) is 12.1 Å². The molecule has 0 atom stereocenters. The molecular formula is C16H8F12N6O6Si2. The molecule has 0 aromatic heterocycles. The highest BCUT2D eigenvalue weighted by atomic mass is 28.4. The van der Waals surface area contributed by atoms with Gasteiger partial charge in [-0.3, -0.25) is 0 Å². The SMILES string of the molecule is O=C=N[Si](CCC(F)(F)C(F)(F)C(F)(F)C(F)(F)C(F)(F)C(F)(F)CC[Si](N=C=O)(N=C=O)N=C=O)(N=C=O)N=C=O. The van der Waals surface area contributed by atoms with E-state index in [1.54, 1.807) is 0 Å². The second-order valence-corrected chi connectivity index (χ2v) is 12.9. The standard InChI is InChI=1S/C16H8F12N6O6Si2/c17-11(18,1-3-41(29-5-35,30-6-36)31-7-37)13(21,22)15(25,26)16(27,28)14(23,24)12(19,20)2-4-42(32-8-38,33-9-39)34-10-40/h1-4H2. The van der Waals surface area contributed by atoms with Crippen molar-refractivity contribution in [3.8, 4) is 0 Å². The van der Waals surface area contributed by atoms with E-state index in [1.165, 1.54) is 0 Å². The van der Waals surface area contributed by atoms with Gasteiger partial charge in [0.25, 0.3) is 0 Å². The third-order valence-electron chi connectivity index (χ3n) is 5.00. The lowest BCUT2D eigenvalue weighted by Gasteiger charge is -2.41. The second-order valence-electron chi connectivity index (χ2n) is 7.47. The number of isocyanates is 6. The summed E-state index contributed by atoms with van der Waals surface area (Å²) in [7, 11) is -10.4. The number of nitrogens with zero attached hydrogens (tertiary/aromatic N) is 6. The van der Waals surface area contributed by atoms with Crippen molar-refractivity contribution in [2.45, 2.75) is 60.5 Å². The van der Waals surface area contributed by atoms with Crippen molar-refractivity contribution in [1.29, 1.82) is 0 Å². The van der Waals surface area contributed by atoms with Gasteiger partial charge in [0.2, 0.25) is 36.5 Å². The zero-order valence-corrected chi connectivity index (χ0v) is 21.5. The highest BCUT2D eigenvalue weighted by Gasteiger charge is 2.89. The summed E-state index contributed by atoms with van der Waals surface area (Å²) in [5.41, 5.74) is 0. The van der Waals surface area contributed by atoms with Gasteiger partial charge in [0.1, 0.15) is 0 Å². The lowest BCUT2D eigenvalue weighted by molar-refractivity contribution is -0.425. The molecule has 230 valence electrons. The second kappa shape index (κ2) is 13.2. The minimum Gasteiger partial charge on any atom is -0.212 e. The lowest BCUT2D eigenvalue weighted by atomic mass is 9.90. The summed E-state index contributed by atoms with van der Waals surface area (Å²) in [5, 5.41) is 0. The van der Waals surface area contributed by atoms with Crippen molar-refractivity contribution in [1.82, 2.24) is 0 Å². The minimum atomic E-state index is -8.05. The summed E-state index contributed by atoms with van der Waals surface area (Å²) in [6.07, 6.45) is -2.69. The van der Waals surface area contributed by atoms with Crippen LogP contribution in [-0.4, -0.2) is 89.1 Å². The van der Waals surface area contributed by atoms with Gasteiger partial charge >= 0.3 is 52.7 Å². The molecule has 0 fully saturated rings. The Labute approximate surface area is 224 Å². The molecule has 0 aliphatic rings. The van der Waals surface area contributed by atoms with Crippen LogP contribution in [0, 0.1) is 0 Å². The van der Waals surface area contributed by atoms with E-state index in [-0.39, 0.29) is 0 Å². The van der Waals surface area contributed by atoms with Crippen LogP contribution >= 0.6 is 0 Å². The Balaban J connectivity index is 6.69. The zero-order chi connectivity index (χ0) is 33.3. The number of carbonyl (C=O) groups excluding carboxylic acids is 6. The van der Waals surface area contributed by atoms with Gasteiger partial charge in [-0.15, -0.1) is 0 Å². The van der Waals surface area contributed by atoms with E-state index < -0.39 is 77.6 Å². The predicted octanol–water partition coefficient (Wildman–Crippen LogP) is 3.47. The molecule has 0 aromatic rings. The highest BCUT2D eigenvalue weighted by Crippen LogP contribution is 2.61. The monoisotopic (exact) mass is 664 g/mol. The maximum atomic E-state index is 14.2. The highest BCUT2D eigenvalue weighted by molar-refractivity contribution is 6.77. The smallest absolute Gasteiger partial charge is 0.212 e. The van der Waals surface area contributed by atoms with Gasteiger partial charge in [-0.05, 0) is 0 Å². The fourth-order valence-electron chi connectivity index (χ4n) is 2.74. The van der Waals surface area contributed by atoms with Gasteiger partial charge in [-0.2, -0.15) is 80.6 Å². The summed E-state index contributed by atoms with van der Waals surface area (Å²) in [6, 6.07) is -4.05. The number of rotatable bonds is 17. The predicted molar refractivity (Wildman–Crippen MR) is 109 cm³/mol. The first kappa shape index (κ1) is 37.9. The minimum absolute atomic E-state index is 0.518. The largest absolute Gasteiger partial charge is 0.467 e. The Bertz CT molecular complexity index is 1140. The van der Waals surface area contributed by atoms with Crippen molar-refractivity contribution in [2.75, 3.05) is 0 Å². The molecule has 0 radical (unpaired) electrons.